The minimum Gasteiger partial charge on any atom is -0.481 e. The molecule has 0 saturated heterocycles. The SMILES string of the molecule is CC(OC(=O)Nc1conc1C(=O)c1ccc(-c2ccc(CC(=O)O)cc2)cc1)c1ccccc1. The summed E-state index contributed by atoms with van der Waals surface area (Å²) in [7, 11) is 0. The second-order valence-corrected chi connectivity index (χ2v) is 7.83. The molecule has 176 valence electrons. The van der Waals surface area contributed by atoms with Crippen molar-refractivity contribution in [3.63, 3.8) is 0 Å². The third-order valence-electron chi connectivity index (χ3n) is 5.36. The first-order chi connectivity index (χ1) is 16.9. The minimum atomic E-state index is -0.888. The number of hydrogen-bond donors (Lipinski definition) is 2. The summed E-state index contributed by atoms with van der Waals surface area (Å²) in [6, 6.07) is 23.3. The highest BCUT2D eigenvalue weighted by atomic mass is 16.6. The molecule has 0 aliphatic heterocycles. The molecule has 35 heavy (non-hydrogen) atoms. The summed E-state index contributed by atoms with van der Waals surface area (Å²) in [5.74, 6) is -1.31. The van der Waals surface area contributed by atoms with Crippen molar-refractivity contribution in [2.45, 2.75) is 19.4 Å². The van der Waals surface area contributed by atoms with Crippen molar-refractivity contribution in [1.29, 1.82) is 0 Å². The van der Waals surface area contributed by atoms with Crippen LogP contribution < -0.4 is 5.32 Å². The predicted molar refractivity (Wildman–Crippen MR) is 128 cm³/mol. The first-order valence-corrected chi connectivity index (χ1v) is 10.8. The highest BCUT2D eigenvalue weighted by molar-refractivity contribution is 6.12. The molecular formula is C27H22N2O6. The summed E-state index contributed by atoms with van der Waals surface area (Å²) in [5, 5.41) is 15.2. The van der Waals surface area contributed by atoms with E-state index in [9.17, 15) is 14.4 Å². The van der Waals surface area contributed by atoms with Gasteiger partial charge in [-0.05, 0) is 29.2 Å². The number of nitrogens with zero attached hydrogens (tertiary/aromatic N) is 1. The molecule has 1 amide bonds. The van der Waals surface area contributed by atoms with Gasteiger partial charge >= 0.3 is 12.1 Å². The normalized spacial score (nSPS) is 11.5. The van der Waals surface area contributed by atoms with Crippen molar-refractivity contribution < 1.29 is 28.8 Å². The quantitative estimate of drug-likeness (QED) is 0.326. The number of carbonyl (C=O) groups is 3. The Kier molecular flexibility index (Phi) is 7.02. The van der Waals surface area contributed by atoms with Gasteiger partial charge in [0.25, 0.3) is 0 Å². The highest BCUT2D eigenvalue weighted by Gasteiger charge is 2.21. The van der Waals surface area contributed by atoms with E-state index in [-0.39, 0.29) is 17.8 Å². The van der Waals surface area contributed by atoms with Crippen LogP contribution in [0, 0.1) is 0 Å². The summed E-state index contributed by atoms with van der Waals surface area (Å²) in [5.41, 5.74) is 3.71. The third kappa shape index (κ3) is 5.80. The van der Waals surface area contributed by atoms with Crippen molar-refractivity contribution in [1.82, 2.24) is 5.16 Å². The van der Waals surface area contributed by atoms with Crippen LogP contribution in [0.15, 0.2) is 89.6 Å². The molecule has 0 fully saturated rings. The predicted octanol–water partition coefficient (Wildman–Crippen LogP) is 5.51. The second kappa shape index (κ2) is 10.5. The van der Waals surface area contributed by atoms with Gasteiger partial charge in [-0.25, -0.2) is 4.79 Å². The summed E-state index contributed by atoms with van der Waals surface area (Å²) < 4.78 is 10.3. The van der Waals surface area contributed by atoms with Crippen molar-refractivity contribution in [3.8, 4) is 11.1 Å². The van der Waals surface area contributed by atoms with Gasteiger partial charge in [0.05, 0.1) is 6.42 Å². The average molecular weight is 470 g/mol. The Morgan fingerprint density at radius 1 is 0.943 bits per heavy atom. The van der Waals surface area contributed by atoms with Crippen molar-refractivity contribution in [2.75, 3.05) is 5.32 Å². The standard InChI is InChI=1S/C27H22N2O6/c1-17(19-5-3-2-4-6-19)35-27(33)28-23-16-34-29-25(23)26(32)22-13-11-21(12-14-22)20-9-7-18(8-10-20)15-24(30)31/h2-14,16-17H,15H2,1H3,(H,28,33)(H,30,31). The maximum absolute atomic E-state index is 13.0. The average Bonchev–Trinajstić information content (AvgIpc) is 3.32. The number of rotatable bonds is 8. The van der Waals surface area contributed by atoms with E-state index in [0.717, 1.165) is 16.7 Å². The van der Waals surface area contributed by atoms with Gasteiger partial charge in [-0.15, -0.1) is 0 Å². The summed E-state index contributed by atoms with van der Waals surface area (Å²) in [4.78, 5) is 36.2. The van der Waals surface area contributed by atoms with Crippen molar-refractivity contribution in [2.24, 2.45) is 0 Å². The Hall–Kier alpha value is -4.72. The van der Waals surface area contributed by atoms with Crippen LogP contribution >= 0.6 is 0 Å². The summed E-state index contributed by atoms with van der Waals surface area (Å²) in [6.45, 7) is 1.75. The lowest BCUT2D eigenvalue weighted by molar-refractivity contribution is -0.136. The lowest BCUT2D eigenvalue weighted by Gasteiger charge is -2.13. The first-order valence-electron chi connectivity index (χ1n) is 10.8. The van der Waals surface area contributed by atoms with Gasteiger partial charge in [0.1, 0.15) is 18.1 Å². The zero-order valence-electron chi connectivity index (χ0n) is 18.8. The summed E-state index contributed by atoms with van der Waals surface area (Å²) in [6.07, 6.45) is -0.0869. The number of ether oxygens (including phenoxy) is 1. The number of carboxylic acid groups (broad SMARTS) is 1. The van der Waals surface area contributed by atoms with Crippen LogP contribution in [0.5, 0.6) is 0 Å². The Balaban J connectivity index is 1.42. The van der Waals surface area contributed by atoms with Gasteiger partial charge in [0, 0.05) is 5.56 Å². The van der Waals surface area contributed by atoms with E-state index in [1.165, 1.54) is 6.26 Å². The molecule has 4 rings (SSSR count). The van der Waals surface area contributed by atoms with Crippen LogP contribution in [0.1, 0.15) is 40.2 Å². The maximum Gasteiger partial charge on any atom is 0.412 e. The second-order valence-electron chi connectivity index (χ2n) is 7.83. The van der Waals surface area contributed by atoms with Gasteiger partial charge < -0.3 is 14.4 Å². The lowest BCUT2D eigenvalue weighted by Crippen LogP contribution is -2.17. The number of carboxylic acids is 1. The molecule has 0 aliphatic carbocycles. The Bertz CT molecular complexity index is 1330. The zero-order valence-corrected chi connectivity index (χ0v) is 18.8. The number of anilines is 1. The molecule has 1 unspecified atom stereocenters. The fourth-order valence-corrected chi connectivity index (χ4v) is 3.52. The van der Waals surface area contributed by atoms with Crippen LogP contribution in [0.4, 0.5) is 10.5 Å². The molecule has 0 spiro atoms. The van der Waals surface area contributed by atoms with E-state index in [4.69, 9.17) is 14.4 Å². The molecule has 1 aromatic heterocycles. The molecule has 0 aliphatic rings. The number of benzene rings is 3. The van der Waals surface area contributed by atoms with Gasteiger partial charge in [-0.1, -0.05) is 84.0 Å². The molecule has 0 radical (unpaired) electrons. The Morgan fingerprint density at radius 2 is 1.57 bits per heavy atom. The molecule has 4 aromatic rings. The largest absolute Gasteiger partial charge is 0.481 e. The molecular weight excluding hydrogens is 448 g/mol. The van der Waals surface area contributed by atoms with E-state index in [1.54, 1.807) is 43.3 Å². The third-order valence-corrected chi connectivity index (χ3v) is 5.36. The molecule has 2 N–H and O–H groups in total. The van der Waals surface area contributed by atoms with E-state index >= 15 is 0 Å². The maximum atomic E-state index is 13.0. The van der Waals surface area contributed by atoms with Crippen molar-refractivity contribution >= 4 is 23.5 Å². The van der Waals surface area contributed by atoms with E-state index in [1.807, 2.05) is 42.5 Å². The lowest BCUT2D eigenvalue weighted by atomic mass is 10.00. The molecule has 8 nitrogen and oxygen atoms in total. The van der Waals surface area contributed by atoms with E-state index < -0.39 is 23.9 Å². The van der Waals surface area contributed by atoms with Crippen LogP contribution in [-0.2, 0) is 16.0 Å². The minimum absolute atomic E-state index is 0.0412. The highest BCUT2D eigenvalue weighted by Crippen LogP contribution is 2.24. The number of aliphatic carboxylic acids is 1. The van der Waals surface area contributed by atoms with Gasteiger partial charge in [-0.3, -0.25) is 14.9 Å². The summed E-state index contributed by atoms with van der Waals surface area (Å²) >= 11 is 0. The molecule has 8 heteroatoms. The number of nitrogens with one attached hydrogen (secondary N) is 1. The van der Waals surface area contributed by atoms with Gasteiger partial charge in [0.15, 0.2) is 5.69 Å². The van der Waals surface area contributed by atoms with Crippen LogP contribution in [0.2, 0.25) is 0 Å². The van der Waals surface area contributed by atoms with Gasteiger partial charge in [0.2, 0.25) is 5.78 Å². The number of hydrogen-bond acceptors (Lipinski definition) is 6. The first kappa shape index (κ1) is 23.4. The number of carbonyl (C=O) groups excluding carboxylic acids is 2. The van der Waals surface area contributed by atoms with E-state index in [0.29, 0.717) is 11.1 Å². The Labute approximate surface area is 201 Å². The fourth-order valence-electron chi connectivity index (χ4n) is 3.52. The molecule has 1 atom stereocenters. The number of ketones is 1. The smallest absolute Gasteiger partial charge is 0.412 e. The molecule has 0 saturated carbocycles. The zero-order chi connectivity index (χ0) is 24.8. The molecule has 0 bridgehead atoms. The molecule has 1 heterocycles. The number of amides is 1. The van der Waals surface area contributed by atoms with Crippen molar-refractivity contribution in [3.05, 3.63) is 108 Å². The fraction of sp³-hybridized carbons (Fsp3) is 0.111. The van der Waals surface area contributed by atoms with Crippen LogP contribution in [-0.4, -0.2) is 28.1 Å². The monoisotopic (exact) mass is 470 g/mol. The number of aromatic nitrogens is 1. The molecule has 3 aromatic carbocycles. The van der Waals surface area contributed by atoms with Crippen LogP contribution in [0.3, 0.4) is 0 Å². The van der Waals surface area contributed by atoms with E-state index in [2.05, 4.69) is 10.5 Å². The topological polar surface area (TPSA) is 119 Å². The van der Waals surface area contributed by atoms with Gasteiger partial charge in [-0.2, -0.15) is 0 Å². The Morgan fingerprint density at radius 3 is 2.20 bits per heavy atom. The van der Waals surface area contributed by atoms with Crippen LogP contribution in [0.25, 0.3) is 11.1 Å².